The first-order valence-corrected chi connectivity index (χ1v) is 9.22. The van der Waals surface area contributed by atoms with Crippen LogP contribution in [-0.4, -0.2) is 41.3 Å². The smallest absolute Gasteiger partial charge is 0.276 e. The number of nitrogens with one attached hydrogen (secondary N) is 1. The predicted octanol–water partition coefficient (Wildman–Crippen LogP) is 1.67. The van der Waals surface area contributed by atoms with Crippen LogP contribution in [0.25, 0.3) is 0 Å². The van der Waals surface area contributed by atoms with E-state index in [1.54, 1.807) is 61.5 Å². The molecule has 1 aliphatic heterocycles. The second-order valence-corrected chi connectivity index (χ2v) is 6.38. The SMILES string of the molecule is CCC(=O)N(NC(=O)COc1ccccc1)C1CC(=O)N(c2ccccc2)C1=O. The predicted molar refractivity (Wildman–Crippen MR) is 105 cm³/mol. The summed E-state index contributed by atoms with van der Waals surface area (Å²) < 4.78 is 5.37. The lowest BCUT2D eigenvalue weighted by Gasteiger charge is -2.27. The van der Waals surface area contributed by atoms with Crippen LogP contribution in [0.3, 0.4) is 0 Å². The second-order valence-electron chi connectivity index (χ2n) is 6.38. The van der Waals surface area contributed by atoms with E-state index in [0.717, 1.165) is 9.91 Å². The molecule has 0 spiro atoms. The molecule has 1 N–H and O–H groups in total. The maximum atomic E-state index is 12.9. The topological polar surface area (TPSA) is 96.0 Å². The largest absolute Gasteiger partial charge is 0.484 e. The van der Waals surface area contributed by atoms with Crippen molar-refractivity contribution in [3.63, 3.8) is 0 Å². The van der Waals surface area contributed by atoms with E-state index in [1.807, 2.05) is 6.07 Å². The Bertz CT molecular complexity index is 901. The van der Waals surface area contributed by atoms with Gasteiger partial charge in [-0.15, -0.1) is 0 Å². The van der Waals surface area contributed by atoms with Crippen molar-refractivity contribution in [2.45, 2.75) is 25.8 Å². The number of benzene rings is 2. The molecule has 8 nitrogen and oxygen atoms in total. The lowest BCUT2D eigenvalue weighted by Crippen LogP contribution is -2.55. The second kappa shape index (κ2) is 9.01. The third-order valence-electron chi connectivity index (χ3n) is 4.38. The molecule has 0 aliphatic carbocycles. The van der Waals surface area contributed by atoms with E-state index in [2.05, 4.69) is 5.43 Å². The number of anilines is 1. The van der Waals surface area contributed by atoms with Crippen molar-refractivity contribution in [2.24, 2.45) is 0 Å². The van der Waals surface area contributed by atoms with Crippen molar-refractivity contribution in [1.29, 1.82) is 0 Å². The summed E-state index contributed by atoms with van der Waals surface area (Å²) in [4.78, 5) is 51.0. The zero-order valence-corrected chi connectivity index (χ0v) is 15.9. The molecule has 0 aromatic heterocycles. The molecule has 1 saturated heterocycles. The van der Waals surface area contributed by atoms with Gasteiger partial charge in [-0.25, -0.2) is 9.91 Å². The van der Waals surface area contributed by atoms with Crippen LogP contribution in [0, 0.1) is 0 Å². The van der Waals surface area contributed by atoms with Gasteiger partial charge in [0.25, 0.3) is 11.8 Å². The van der Waals surface area contributed by atoms with Gasteiger partial charge < -0.3 is 4.74 Å². The Morgan fingerprint density at radius 2 is 1.69 bits per heavy atom. The quantitative estimate of drug-likeness (QED) is 0.593. The fourth-order valence-corrected chi connectivity index (χ4v) is 2.98. The van der Waals surface area contributed by atoms with Gasteiger partial charge in [-0.3, -0.25) is 24.6 Å². The molecular formula is C21H21N3O5. The van der Waals surface area contributed by atoms with Gasteiger partial charge in [0.1, 0.15) is 11.8 Å². The molecule has 2 aromatic rings. The van der Waals surface area contributed by atoms with Crippen LogP contribution in [0.2, 0.25) is 0 Å². The van der Waals surface area contributed by atoms with Crippen LogP contribution < -0.4 is 15.1 Å². The van der Waals surface area contributed by atoms with E-state index in [-0.39, 0.29) is 19.4 Å². The van der Waals surface area contributed by atoms with Gasteiger partial charge in [-0.05, 0) is 24.3 Å². The highest BCUT2D eigenvalue weighted by atomic mass is 16.5. The summed E-state index contributed by atoms with van der Waals surface area (Å²) in [6.45, 7) is 1.27. The van der Waals surface area contributed by atoms with Gasteiger partial charge in [0, 0.05) is 6.42 Å². The van der Waals surface area contributed by atoms with Crippen molar-refractivity contribution in [1.82, 2.24) is 10.4 Å². The van der Waals surface area contributed by atoms with Crippen LogP contribution in [-0.2, 0) is 19.2 Å². The minimum absolute atomic E-state index is 0.0587. The normalized spacial score (nSPS) is 15.9. The van der Waals surface area contributed by atoms with E-state index >= 15 is 0 Å². The van der Waals surface area contributed by atoms with Crippen LogP contribution in [0.1, 0.15) is 19.8 Å². The molecule has 1 fully saturated rings. The van der Waals surface area contributed by atoms with E-state index in [4.69, 9.17) is 4.74 Å². The minimum Gasteiger partial charge on any atom is -0.484 e. The Kier molecular flexibility index (Phi) is 6.23. The summed E-state index contributed by atoms with van der Waals surface area (Å²) in [5.74, 6) is -1.58. The Labute approximate surface area is 168 Å². The standard InChI is InChI=1S/C21H21N3O5/c1-2-19(26)24(22-18(25)14-29-16-11-7-4-8-12-16)17-13-20(27)23(21(17)28)15-9-5-3-6-10-15/h3-12,17H,2,13-14H2,1H3,(H,22,25). The van der Waals surface area contributed by atoms with Crippen molar-refractivity contribution in [3.05, 3.63) is 60.7 Å². The summed E-state index contributed by atoms with van der Waals surface area (Å²) in [5.41, 5.74) is 2.85. The summed E-state index contributed by atoms with van der Waals surface area (Å²) in [7, 11) is 0. The van der Waals surface area contributed by atoms with Crippen molar-refractivity contribution in [2.75, 3.05) is 11.5 Å². The van der Waals surface area contributed by atoms with Gasteiger partial charge in [0.2, 0.25) is 11.8 Å². The molecule has 0 saturated carbocycles. The first kappa shape index (κ1) is 20.1. The molecule has 0 radical (unpaired) electrons. The molecule has 4 amide bonds. The van der Waals surface area contributed by atoms with Crippen LogP contribution in [0.4, 0.5) is 5.69 Å². The van der Waals surface area contributed by atoms with Crippen LogP contribution >= 0.6 is 0 Å². The van der Waals surface area contributed by atoms with E-state index in [9.17, 15) is 19.2 Å². The maximum Gasteiger partial charge on any atom is 0.276 e. The molecule has 2 aromatic carbocycles. The summed E-state index contributed by atoms with van der Waals surface area (Å²) in [5, 5.41) is 0.944. The summed E-state index contributed by atoms with van der Waals surface area (Å²) >= 11 is 0. The monoisotopic (exact) mass is 395 g/mol. The molecule has 8 heteroatoms. The van der Waals surface area contributed by atoms with Crippen molar-refractivity contribution >= 4 is 29.3 Å². The van der Waals surface area contributed by atoms with E-state index < -0.39 is 29.7 Å². The Hall–Kier alpha value is -3.68. The number of hydrogen-bond acceptors (Lipinski definition) is 5. The van der Waals surface area contributed by atoms with Crippen LogP contribution in [0.5, 0.6) is 5.75 Å². The molecular weight excluding hydrogens is 374 g/mol. The number of ether oxygens (including phenoxy) is 1. The minimum atomic E-state index is -1.10. The molecule has 1 aliphatic rings. The Morgan fingerprint density at radius 1 is 1.07 bits per heavy atom. The lowest BCUT2D eigenvalue weighted by atomic mass is 10.2. The number of imide groups is 1. The van der Waals surface area contributed by atoms with Gasteiger partial charge in [-0.1, -0.05) is 43.3 Å². The van der Waals surface area contributed by atoms with Gasteiger partial charge in [-0.2, -0.15) is 0 Å². The first-order valence-electron chi connectivity index (χ1n) is 9.22. The number of carbonyl (C=O) groups is 4. The first-order chi connectivity index (χ1) is 14.0. The summed E-state index contributed by atoms with van der Waals surface area (Å²) in [6.07, 6.45) is -0.150. The number of carbonyl (C=O) groups excluding carboxylic acids is 4. The number of amides is 4. The third kappa shape index (κ3) is 4.60. The molecule has 1 unspecified atom stereocenters. The molecule has 150 valence electrons. The van der Waals surface area contributed by atoms with E-state index in [0.29, 0.717) is 11.4 Å². The van der Waals surface area contributed by atoms with Gasteiger partial charge >= 0.3 is 0 Å². The van der Waals surface area contributed by atoms with Crippen molar-refractivity contribution < 1.29 is 23.9 Å². The fourth-order valence-electron chi connectivity index (χ4n) is 2.98. The number of para-hydroxylation sites is 2. The average molecular weight is 395 g/mol. The lowest BCUT2D eigenvalue weighted by molar-refractivity contribution is -0.148. The zero-order valence-electron chi connectivity index (χ0n) is 15.9. The highest BCUT2D eigenvalue weighted by Gasteiger charge is 2.44. The molecule has 29 heavy (non-hydrogen) atoms. The molecule has 1 heterocycles. The Balaban J connectivity index is 1.71. The summed E-state index contributed by atoms with van der Waals surface area (Å²) in [6, 6.07) is 16.1. The molecule has 0 bridgehead atoms. The number of rotatable bonds is 6. The number of hydrogen-bond donors (Lipinski definition) is 1. The molecule has 1 atom stereocenters. The third-order valence-corrected chi connectivity index (χ3v) is 4.38. The highest BCUT2D eigenvalue weighted by molar-refractivity contribution is 6.23. The number of nitrogens with zero attached hydrogens (tertiary/aromatic N) is 2. The van der Waals surface area contributed by atoms with Gasteiger partial charge in [0.05, 0.1) is 12.1 Å². The van der Waals surface area contributed by atoms with Gasteiger partial charge in [0.15, 0.2) is 6.61 Å². The van der Waals surface area contributed by atoms with Crippen molar-refractivity contribution in [3.8, 4) is 5.75 Å². The highest BCUT2D eigenvalue weighted by Crippen LogP contribution is 2.25. The number of hydrazine groups is 1. The van der Waals surface area contributed by atoms with Crippen LogP contribution in [0.15, 0.2) is 60.7 Å². The zero-order chi connectivity index (χ0) is 20.8. The average Bonchev–Trinajstić information content (AvgIpc) is 3.05. The fraction of sp³-hybridized carbons (Fsp3) is 0.238. The van der Waals surface area contributed by atoms with E-state index in [1.165, 1.54) is 0 Å². The Morgan fingerprint density at radius 3 is 2.31 bits per heavy atom. The molecule has 3 rings (SSSR count). The maximum absolute atomic E-state index is 12.9.